The van der Waals surface area contributed by atoms with E-state index in [1.54, 1.807) is 0 Å². The van der Waals surface area contributed by atoms with Crippen LogP contribution in [-0.2, 0) is 20.5 Å². The van der Waals surface area contributed by atoms with Crippen molar-refractivity contribution >= 4 is 18.0 Å². The SMILES string of the molecule is NC(N)=NCC(C[C@@H](C(=O)O)N(C(=O)OCC1c2ccccc2-c2ccccc21)C(c1ccccc1)(c1ccccc1)c1ccccc1)C(c1ccccc1)(c1ccccc1)c1ccccc1. The Bertz CT molecular complexity index is 2710. The van der Waals surface area contributed by atoms with Crippen LogP contribution in [0.25, 0.3) is 11.1 Å². The molecule has 332 valence electrons. The van der Waals surface area contributed by atoms with Crippen molar-refractivity contribution < 1.29 is 19.4 Å². The molecule has 0 heterocycles. The quantitative estimate of drug-likeness (QED) is 0.0503. The number of aliphatic carboxylic acids is 1. The molecule has 2 atom stereocenters. The van der Waals surface area contributed by atoms with E-state index in [4.69, 9.17) is 21.2 Å². The highest BCUT2D eigenvalue weighted by molar-refractivity contribution is 5.83. The average Bonchev–Trinajstić information content (AvgIpc) is 3.70. The Morgan fingerprint density at radius 1 is 0.522 bits per heavy atom. The number of carboxylic acids is 1. The first-order valence-corrected chi connectivity index (χ1v) is 22.6. The first kappa shape index (κ1) is 44.0. The van der Waals surface area contributed by atoms with E-state index in [0.717, 1.165) is 38.9 Å². The van der Waals surface area contributed by atoms with E-state index in [1.807, 2.05) is 170 Å². The summed E-state index contributed by atoms with van der Waals surface area (Å²) in [6, 6.07) is 73.8. The summed E-state index contributed by atoms with van der Waals surface area (Å²) in [5.41, 5.74) is 18.7. The van der Waals surface area contributed by atoms with E-state index in [-0.39, 0.29) is 31.4 Å². The van der Waals surface area contributed by atoms with Crippen molar-refractivity contribution in [2.24, 2.45) is 22.4 Å². The maximum Gasteiger partial charge on any atom is 0.411 e. The molecular formula is C59H52N4O4. The zero-order valence-corrected chi connectivity index (χ0v) is 37.0. The Labute approximate surface area is 391 Å². The van der Waals surface area contributed by atoms with Gasteiger partial charge in [0.05, 0.1) is 0 Å². The van der Waals surface area contributed by atoms with Crippen molar-refractivity contribution in [3.05, 3.63) is 275 Å². The third-order valence-corrected chi connectivity index (χ3v) is 13.4. The molecule has 0 radical (unpaired) electrons. The number of carbonyl (C=O) groups is 2. The summed E-state index contributed by atoms with van der Waals surface area (Å²) < 4.78 is 6.68. The second-order valence-corrected chi connectivity index (χ2v) is 16.9. The summed E-state index contributed by atoms with van der Waals surface area (Å²) in [6.07, 6.45) is -0.917. The average molecular weight is 881 g/mol. The summed E-state index contributed by atoms with van der Waals surface area (Å²) in [5.74, 6) is -2.34. The number of benzene rings is 8. The molecule has 0 aliphatic heterocycles. The summed E-state index contributed by atoms with van der Waals surface area (Å²) in [7, 11) is 0. The smallest absolute Gasteiger partial charge is 0.411 e. The van der Waals surface area contributed by atoms with Crippen LogP contribution in [0, 0.1) is 5.92 Å². The van der Waals surface area contributed by atoms with Crippen molar-refractivity contribution in [2.45, 2.75) is 29.3 Å². The molecule has 1 unspecified atom stereocenters. The number of carboxylic acid groups (broad SMARTS) is 1. The number of nitrogens with zero attached hydrogens (tertiary/aromatic N) is 2. The van der Waals surface area contributed by atoms with Crippen LogP contribution >= 0.6 is 0 Å². The van der Waals surface area contributed by atoms with Gasteiger partial charge in [0.1, 0.15) is 18.2 Å². The molecule has 0 spiro atoms. The summed E-state index contributed by atoms with van der Waals surface area (Å²) in [4.78, 5) is 37.1. The fourth-order valence-electron chi connectivity index (χ4n) is 10.6. The molecule has 8 aromatic carbocycles. The first-order chi connectivity index (χ1) is 32.8. The summed E-state index contributed by atoms with van der Waals surface area (Å²) >= 11 is 0. The van der Waals surface area contributed by atoms with Crippen LogP contribution in [0.15, 0.2) is 236 Å². The standard InChI is InChI=1S/C59H52N4O4/c60-56(61)62-40-48(58(42-23-7-1-8-24-42,43-25-9-2-10-26-43)44-27-11-3-12-28-44)39-54(55(64)65)63(57(66)67-41-53-51-37-21-19-35-49(51)50-36-20-22-38-52(50)53)59(45-29-13-4-14-30-45,46-31-15-5-16-32-46)47-33-17-6-18-34-47/h1-38,48,53-54H,39-41H2,(H,64,65)(H4,60,61,62)/t48?,54-/m0/s1. The lowest BCUT2D eigenvalue weighted by Gasteiger charge is -2.49. The third-order valence-electron chi connectivity index (χ3n) is 13.4. The molecule has 0 aromatic heterocycles. The number of nitrogens with two attached hydrogens (primary N) is 2. The number of ether oxygens (including phenoxy) is 1. The predicted octanol–water partition coefficient (Wildman–Crippen LogP) is 11.0. The van der Waals surface area contributed by atoms with Gasteiger partial charge in [0.2, 0.25) is 0 Å². The van der Waals surface area contributed by atoms with Gasteiger partial charge in [0.15, 0.2) is 5.96 Å². The van der Waals surface area contributed by atoms with Gasteiger partial charge in [0, 0.05) is 17.9 Å². The van der Waals surface area contributed by atoms with Gasteiger partial charge in [-0.25, -0.2) is 9.59 Å². The minimum atomic E-state index is -1.55. The van der Waals surface area contributed by atoms with E-state index in [2.05, 4.69) is 60.7 Å². The van der Waals surface area contributed by atoms with Gasteiger partial charge in [-0.1, -0.05) is 231 Å². The molecule has 0 saturated heterocycles. The molecule has 8 aromatic rings. The van der Waals surface area contributed by atoms with Gasteiger partial charge in [-0.05, 0) is 68.0 Å². The highest BCUT2D eigenvalue weighted by Crippen LogP contribution is 2.51. The van der Waals surface area contributed by atoms with Crippen LogP contribution in [0.4, 0.5) is 4.79 Å². The van der Waals surface area contributed by atoms with Gasteiger partial charge in [-0.3, -0.25) is 9.89 Å². The number of rotatable bonds is 16. The number of amides is 1. The van der Waals surface area contributed by atoms with Crippen LogP contribution in [0.5, 0.6) is 0 Å². The Morgan fingerprint density at radius 3 is 1.22 bits per heavy atom. The molecule has 9 rings (SSSR count). The van der Waals surface area contributed by atoms with E-state index < -0.39 is 35.0 Å². The molecule has 5 N–H and O–H groups in total. The van der Waals surface area contributed by atoms with Crippen molar-refractivity contribution in [2.75, 3.05) is 13.2 Å². The zero-order chi connectivity index (χ0) is 46.2. The second kappa shape index (κ2) is 19.5. The van der Waals surface area contributed by atoms with Crippen LogP contribution < -0.4 is 11.5 Å². The van der Waals surface area contributed by atoms with Gasteiger partial charge >= 0.3 is 12.1 Å². The number of hydrogen-bond acceptors (Lipinski definition) is 4. The van der Waals surface area contributed by atoms with Crippen molar-refractivity contribution in [1.82, 2.24) is 4.90 Å². The largest absolute Gasteiger partial charge is 0.480 e. The maximum absolute atomic E-state index is 16.1. The summed E-state index contributed by atoms with van der Waals surface area (Å²) in [5, 5.41) is 12.1. The third kappa shape index (κ3) is 8.23. The maximum atomic E-state index is 16.1. The topological polar surface area (TPSA) is 131 Å². The molecule has 0 fully saturated rings. The fourth-order valence-corrected chi connectivity index (χ4v) is 10.6. The molecule has 8 heteroatoms. The minimum absolute atomic E-state index is 0.0122. The van der Waals surface area contributed by atoms with Gasteiger partial charge < -0.3 is 21.3 Å². The first-order valence-electron chi connectivity index (χ1n) is 22.6. The Hall–Kier alpha value is -8.23. The van der Waals surface area contributed by atoms with Crippen molar-refractivity contribution in [3.63, 3.8) is 0 Å². The van der Waals surface area contributed by atoms with E-state index in [1.165, 1.54) is 4.90 Å². The minimum Gasteiger partial charge on any atom is -0.480 e. The van der Waals surface area contributed by atoms with E-state index in [9.17, 15) is 9.90 Å². The second-order valence-electron chi connectivity index (χ2n) is 16.9. The fraction of sp³-hybridized carbons (Fsp3) is 0.136. The Balaban J connectivity index is 1.30. The van der Waals surface area contributed by atoms with Crippen molar-refractivity contribution in [1.29, 1.82) is 0 Å². The molecular weight excluding hydrogens is 829 g/mol. The summed E-state index contributed by atoms with van der Waals surface area (Å²) in [6.45, 7) is -0.0259. The van der Waals surface area contributed by atoms with Gasteiger partial charge in [-0.15, -0.1) is 0 Å². The zero-order valence-electron chi connectivity index (χ0n) is 37.0. The molecule has 1 amide bonds. The van der Waals surface area contributed by atoms with E-state index >= 15 is 4.79 Å². The highest BCUT2D eigenvalue weighted by atomic mass is 16.6. The molecule has 1 aliphatic rings. The van der Waals surface area contributed by atoms with E-state index in [0.29, 0.717) is 16.7 Å². The molecule has 1 aliphatic carbocycles. The number of hydrogen-bond donors (Lipinski definition) is 3. The van der Waals surface area contributed by atoms with Gasteiger partial charge in [-0.2, -0.15) is 0 Å². The molecule has 0 bridgehead atoms. The number of guanidine groups is 1. The predicted molar refractivity (Wildman–Crippen MR) is 266 cm³/mol. The monoisotopic (exact) mass is 880 g/mol. The lowest BCUT2D eigenvalue weighted by molar-refractivity contribution is -0.145. The number of fused-ring (bicyclic) bond motifs is 3. The lowest BCUT2D eigenvalue weighted by Crippen LogP contribution is -2.59. The lowest BCUT2D eigenvalue weighted by atomic mass is 9.60. The normalized spacial score (nSPS) is 13.1. The molecule has 67 heavy (non-hydrogen) atoms. The van der Waals surface area contributed by atoms with Gasteiger partial charge in [0.25, 0.3) is 0 Å². The Kier molecular flexibility index (Phi) is 12.8. The number of carbonyl (C=O) groups excluding carboxylic acids is 1. The highest BCUT2D eigenvalue weighted by Gasteiger charge is 2.54. The molecule has 8 nitrogen and oxygen atoms in total. The Morgan fingerprint density at radius 2 is 0.866 bits per heavy atom. The van der Waals surface area contributed by atoms with Crippen LogP contribution in [0.1, 0.15) is 56.8 Å². The van der Waals surface area contributed by atoms with Crippen LogP contribution in [-0.4, -0.2) is 47.2 Å². The molecule has 0 saturated carbocycles. The number of aliphatic imine (C=N–C) groups is 1. The van der Waals surface area contributed by atoms with Crippen LogP contribution in [0.2, 0.25) is 0 Å². The van der Waals surface area contributed by atoms with Crippen molar-refractivity contribution in [3.8, 4) is 11.1 Å². The van der Waals surface area contributed by atoms with Crippen LogP contribution in [0.3, 0.4) is 0 Å².